The maximum atomic E-state index is 5.69. The molecule has 1 aromatic rings. The van der Waals surface area contributed by atoms with Crippen molar-refractivity contribution >= 4 is 31.9 Å². The minimum Gasteiger partial charge on any atom is -0.495 e. The van der Waals surface area contributed by atoms with Crippen LogP contribution in [0.4, 0.5) is 0 Å². The van der Waals surface area contributed by atoms with Crippen molar-refractivity contribution in [3.05, 3.63) is 26.6 Å². The van der Waals surface area contributed by atoms with Crippen molar-refractivity contribution in [1.29, 1.82) is 0 Å². The molecular weight excluding hydrogens is 374 g/mol. The Morgan fingerprint density at radius 2 is 2.26 bits per heavy atom. The molecule has 2 atom stereocenters. The molecule has 0 bridgehead atoms. The normalized spacial score (nSPS) is 20.5. The molecule has 1 aliphatic rings. The molecule has 1 aliphatic heterocycles. The summed E-state index contributed by atoms with van der Waals surface area (Å²) in [7, 11) is 1.70. The van der Waals surface area contributed by atoms with Crippen LogP contribution in [-0.2, 0) is 11.3 Å². The highest BCUT2D eigenvalue weighted by atomic mass is 79.9. The van der Waals surface area contributed by atoms with Gasteiger partial charge in [0.2, 0.25) is 0 Å². The molecule has 0 amide bonds. The van der Waals surface area contributed by atoms with E-state index in [0.29, 0.717) is 12.1 Å². The smallest absolute Gasteiger partial charge is 0.137 e. The van der Waals surface area contributed by atoms with E-state index in [9.17, 15) is 0 Å². The van der Waals surface area contributed by atoms with Gasteiger partial charge in [-0.1, -0.05) is 15.9 Å². The Morgan fingerprint density at radius 1 is 1.47 bits per heavy atom. The van der Waals surface area contributed by atoms with E-state index in [0.717, 1.165) is 39.8 Å². The summed E-state index contributed by atoms with van der Waals surface area (Å²) in [5.74, 6) is 0.884. The van der Waals surface area contributed by atoms with Crippen molar-refractivity contribution in [3.63, 3.8) is 0 Å². The Kier molecular flexibility index (Phi) is 5.69. The molecule has 19 heavy (non-hydrogen) atoms. The third kappa shape index (κ3) is 3.94. The molecule has 0 aliphatic carbocycles. The summed E-state index contributed by atoms with van der Waals surface area (Å²) in [5, 5.41) is 3.52. The van der Waals surface area contributed by atoms with Crippen molar-refractivity contribution in [2.24, 2.45) is 0 Å². The quantitative estimate of drug-likeness (QED) is 0.824. The van der Waals surface area contributed by atoms with E-state index in [2.05, 4.69) is 50.2 Å². The molecule has 1 N–H and O–H groups in total. The van der Waals surface area contributed by atoms with Gasteiger partial charge in [-0.3, -0.25) is 0 Å². The summed E-state index contributed by atoms with van der Waals surface area (Å²) in [6, 6.07) is 4.43. The van der Waals surface area contributed by atoms with E-state index in [4.69, 9.17) is 9.47 Å². The predicted octanol–water partition coefficient (Wildman–Crippen LogP) is 3.88. The van der Waals surface area contributed by atoms with Gasteiger partial charge in [-0.05, 0) is 47.8 Å². The number of methoxy groups -OCH3 is 1. The van der Waals surface area contributed by atoms with Crippen LogP contribution in [0.15, 0.2) is 21.1 Å². The first-order valence-corrected chi connectivity index (χ1v) is 8.07. The molecule has 0 aromatic heterocycles. The topological polar surface area (TPSA) is 30.5 Å². The number of benzene rings is 1. The van der Waals surface area contributed by atoms with Crippen molar-refractivity contribution in [3.8, 4) is 5.75 Å². The van der Waals surface area contributed by atoms with E-state index in [1.807, 2.05) is 6.07 Å². The number of halogens is 2. The van der Waals surface area contributed by atoms with Gasteiger partial charge in [-0.15, -0.1) is 0 Å². The number of hydrogen-bond donors (Lipinski definition) is 1. The minimum atomic E-state index is 0.335. The van der Waals surface area contributed by atoms with Crippen molar-refractivity contribution in [2.75, 3.05) is 13.7 Å². The van der Waals surface area contributed by atoms with Crippen LogP contribution in [0.25, 0.3) is 0 Å². The lowest BCUT2D eigenvalue weighted by atomic mass is 10.1. The van der Waals surface area contributed by atoms with Crippen LogP contribution in [0.1, 0.15) is 25.3 Å². The van der Waals surface area contributed by atoms with Gasteiger partial charge in [0.25, 0.3) is 0 Å². The molecule has 3 nitrogen and oxygen atoms in total. The lowest BCUT2D eigenvalue weighted by Gasteiger charge is -2.21. The Hall–Kier alpha value is -0.100. The Bertz CT molecular complexity index is 434. The zero-order chi connectivity index (χ0) is 13.8. The van der Waals surface area contributed by atoms with Crippen molar-refractivity contribution < 1.29 is 9.47 Å². The average Bonchev–Trinajstić information content (AvgIpc) is 2.89. The molecule has 1 heterocycles. The average molecular weight is 393 g/mol. The lowest BCUT2D eigenvalue weighted by Crippen LogP contribution is -2.36. The summed E-state index contributed by atoms with van der Waals surface area (Å²) >= 11 is 7.04. The summed E-state index contributed by atoms with van der Waals surface area (Å²) < 4.78 is 13.2. The standard InChI is InChI=1S/C14H19Br2NO2/c1-9(13-4-3-5-19-13)17-8-10-6-11(15)7-12(16)14(10)18-2/h6-7,9,13,17H,3-5,8H2,1-2H3. The molecule has 2 rings (SSSR count). The van der Waals surface area contributed by atoms with Crippen LogP contribution < -0.4 is 10.1 Å². The highest BCUT2D eigenvalue weighted by Gasteiger charge is 2.22. The summed E-state index contributed by atoms with van der Waals surface area (Å²) in [4.78, 5) is 0. The molecular formula is C14H19Br2NO2. The van der Waals surface area contributed by atoms with E-state index in [-0.39, 0.29) is 0 Å². The molecule has 5 heteroatoms. The van der Waals surface area contributed by atoms with Gasteiger partial charge in [0, 0.05) is 29.2 Å². The van der Waals surface area contributed by atoms with Crippen molar-refractivity contribution in [2.45, 2.75) is 38.5 Å². The molecule has 2 unspecified atom stereocenters. The van der Waals surface area contributed by atoms with E-state index in [1.54, 1.807) is 7.11 Å². The van der Waals surface area contributed by atoms with Crippen LogP contribution in [0.5, 0.6) is 5.75 Å². The Labute approximate surface area is 131 Å². The number of ether oxygens (including phenoxy) is 2. The Balaban J connectivity index is 2.02. The number of nitrogens with one attached hydrogen (secondary N) is 1. The van der Waals surface area contributed by atoms with Gasteiger partial charge in [0.15, 0.2) is 0 Å². The van der Waals surface area contributed by atoms with Crippen LogP contribution in [0.2, 0.25) is 0 Å². The predicted molar refractivity (Wildman–Crippen MR) is 83.7 cm³/mol. The van der Waals surface area contributed by atoms with Gasteiger partial charge in [0.1, 0.15) is 5.75 Å². The van der Waals surface area contributed by atoms with Crippen LogP contribution in [-0.4, -0.2) is 25.9 Å². The first-order valence-electron chi connectivity index (χ1n) is 6.48. The summed E-state index contributed by atoms with van der Waals surface area (Å²) in [6.45, 7) is 3.83. The van der Waals surface area contributed by atoms with Crippen LogP contribution in [0, 0.1) is 0 Å². The highest BCUT2D eigenvalue weighted by molar-refractivity contribution is 9.11. The second kappa shape index (κ2) is 7.07. The zero-order valence-electron chi connectivity index (χ0n) is 11.2. The third-order valence-corrected chi connectivity index (χ3v) is 4.47. The molecule has 1 fully saturated rings. The second-order valence-electron chi connectivity index (χ2n) is 4.80. The van der Waals surface area contributed by atoms with Gasteiger partial charge in [-0.25, -0.2) is 0 Å². The summed E-state index contributed by atoms with van der Waals surface area (Å²) in [6.07, 6.45) is 2.65. The van der Waals surface area contributed by atoms with E-state index >= 15 is 0 Å². The third-order valence-electron chi connectivity index (χ3n) is 3.43. The largest absolute Gasteiger partial charge is 0.495 e. The lowest BCUT2D eigenvalue weighted by molar-refractivity contribution is 0.0831. The molecule has 0 spiro atoms. The van der Waals surface area contributed by atoms with E-state index < -0.39 is 0 Å². The molecule has 1 saturated heterocycles. The number of hydrogen-bond acceptors (Lipinski definition) is 3. The minimum absolute atomic E-state index is 0.335. The highest BCUT2D eigenvalue weighted by Crippen LogP contribution is 2.32. The van der Waals surface area contributed by atoms with Gasteiger partial charge in [-0.2, -0.15) is 0 Å². The summed E-state index contributed by atoms with van der Waals surface area (Å²) in [5.41, 5.74) is 1.13. The first-order chi connectivity index (χ1) is 9.11. The molecule has 1 aromatic carbocycles. The van der Waals surface area contributed by atoms with Gasteiger partial charge >= 0.3 is 0 Å². The van der Waals surface area contributed by atoms with Gasteiger partial charge < -0.3 is 14.8 Å². The second-order valence-corrected chi connectivity index (χ2v) is 6.57. The molecule has 0 radical (unpaired) electrons. The maximum absolute atomic E-state index is 5.69. The fourth-order valence-electron chi connectivity index (χ4n) is 2.37. The van der Waals surface area contributed by atoms with Crippen LogP contribution >= 0.6 is 31.9 Å². The fraction of sp³-hybridized carbons (Fsp3) is 0.571. The zero-order valence-corrected chi connectivity index (χ0v) is 14.4. The van der Waals surface area contributed by atoms with Crippen molar-refractivity contribution in [1.82, 2.24) is 5.32 Å². The first kappa shape index (κ1) is 15.3. The maximum Gasteiger partial charge on any atom is 0.137 e. The van der Waals surface area contributed by atoms with Gasteiger partial charge in [0.05, 0.1) is 17.7 Å². The molecule has 106 valence electrons. The Morgan fingerprint density at radius 3 is 2.89 bits per heavy atom. The van der Waals surface area contributed by atoms with E-state index in [1.165, 1.54) is 6.42 Å². The fourth-order valence-corrected chi connectivity index (χ4v) is 3.85. The molecule has 0 saturated carbocycles. The van der Waals surface area contributed by atoms with Crippen LogP contribution in [0.3, 0.4) is 0 Å². The monoisotopic (exact) mass is 391 g/mol. The SMILES string of the molecule is COc1c(Br)cc(Br)cc1CNC(C)C1CCCO1. The number of rotatable bonds is 5.